The van der Waals surface area contributed by atoms with Crippen molar-refractivity contribution >= 4 is 22.9 Å². The number of fused-ring (bicyclic) bond motifs is 2. The summed E-state index contributed by atoms with van der Waals surface area (Å²) >= 11 is 0. The number of hydrogen-bond acceptors (Lipinski definition) is 0. The maximum absolute atomic E-state index is 2.44. The lowest BCUT2D eigenvalue weighted by Crippen LogP contribution is -2.31. The molecule has 0 heterocycles. The van der Waals surface area contributed by atoms with Gasteiger partial charge in [0.2, 0.25) is 0 Å². The average Bonchev–Trinajstić information content (AvgIpc) is 2.74. The molecule has 0 saturated carbocycles. The second kappa shape index (κ2) is 6.80. The molecule has 0 amide bonds. The Kier molecular flexibility index (Phi) is 4.13. The van der Waals surface area contributed by atoms with E-state index in [1.165, 1.54) is 54.6 Å². The van der Waals surface area contributed by atoms with E-state index in [4.69, 9.17) is 0 Å². The van der Waals surface area contributed by atoms with Crippen LogP contribution in [0.5, 0.6) is 0 Å². The number of aryl methyl sites for hydroxylation is 2. The number of hydrogen-bond donors (Lipinski definition) is 0. The predicted molar refractivity (Wildman–Crippen MR) is 122 cm³/mol. The molecule has 0 saturated heterocycles. The molecule has 0 atom stereocenters. The Morgan fingerprint density at radius 1 is 0.500 bits per heavy atom. The molecule has 0 unspecified atom stereocenters. The van der Waals surface area contributed by atoms with Gasteiger partial charge >= 0.3 is 0 Å². The van der Waals surface area contributed by atoms with E-state index in [-0.39, 0.29) is 0 Å². The van der Waals surface area contributed by atoms with Crippen molar-refractivity contribution in [3.63, 3.8) is 0 Å². The number of benzene rings is 4. The largest absolute Gasteiger partial charge is 0.0757 e. The van der Waals surface area contributed by atoms with Crippen molar-refractivity contribution in [1.29, 1.82) is 0 Å². The van der Waals surface area contributed by atoms with Gasteiger partial charge in [0, 0.05) is 0 Å². The summed E-state index contributed by atoms with van der Waals surface area (Å²) in [5.41, 5.74) is 7.96. The monoisotopic (exact) mass is 360 g/mol. The van der Waals surface area contributed by atoms with E-state index >= 15 is 0 Å². The lowest BCUT2D eigenvalue weighted by molar-refractivity contribution is 1.12. The van der Waals surface area contributed by atoms with Crippen LogP contribution in [0.4, 0.5) is 0 Å². The Morgan fingerprint density at radius 2 is 0.893 bits per heavy atom. The molecule has 1 aliphatic rings. The highest BCUT2D eigenvalue weighted by atomic mass is 14.2. The first-order valence-corrected chi connectivity index (χ1v) is 10.1. The molecule has 0 heteroatoms. The van der Waals surface area contributed by atoms with E-state index in [0.717, 1.165) is 12.8 Å². The van der Waals surface area contributed by atoms with Gasteiger partial charge in [0.15, 0.2) is 0 Å². The van der Waals surface area contributed by atoms with Gasteiger partial charge in [-0.15, -0.1) is 0 Å². The zero-order valence-electron chi connectivity index (χ0n) is 16.5. The van der Waals surface area contributed by atoms with Crippen LogP contribution in [-0.4, -0.2) is 0 Å². The molecule has 0 fully saturated rings. The second-order valence-electron chi connectivity index (χ2n) is 7.84. The third kappa shape index (κ3) is 2.77. The van der Waals surface area contributed by atoms with Gasteiger partial charge in [0.1, 0.15) is 0 Å². The minimum atomic E-state index is 1.11. The Morgan fingerprint density at radius 3 is 1.29 bits per heavy atom. The van der Waals surface area contributed by atoms with E-state index in [0.29, 0.717) is 0 Å². The molecule has 0 spiro atoms. The molecule has 4 aromatic rings. The van der Waals surface area contributed by atoms with Crippen LogP contribution in [0.25, 0.3) is 45.2 Å². The van der Waals surface area contributed by atoms with Gasteiger partial charge in [-0.2, -0.15) is 0 Å². The third-order valence-corrected chi connectivity index (χ3v) is 5.84. The molecule has 0 N–H and O–H groups in total. The normalized spacial score (nSPS) is 12.9. The van der Waals surface area contributed by atoms with Crippen molar-refractivity contribution in [3.8, 4) is 22.3 Å². The molecular formula is C28H24. The van der Waals surface area contributed by atoms with Crippen LogP contribution in [0, 0.1) is 13.8 Å². The van der Waals surface area contributed by atoms with Gasteiger partial charge in [-0.3, -0.25) is 0 Å². The summed E-state index contributed by atoms with van der Waals surface area (Å²) in [5.74, 6) is 0. The fourth-order valence-electron chi connectivity index (χ4n) is 4.42. The van der Waals surface area contributed by atoms with Crippen molar-refractivity contribution in [2.45, 2.75) is 26.7 Å². The Bertz CT molecular complexity index is 1180. The van der Waals surface area contributed by atoms with Gasteiger partial charge in [-0.05, 0) is 70.2 Å². The summed E-state index contributed by atoms with van der Waals surface area (Å²) in [4.78, 5) is 0. The maximum atomic E-state index is 2.44. The van der Waals surface area contributed by atoms with Crippen molar-refractivity contribution in [2.75, 3.05) is 0 Å². The SMILES string of the molecule is Cc1ccc(-c2c3c(c(-c4ccc(C)cc4)c4ccccc24)=CCCC=3)cc1. The average molecular weight is 361 g/mol. The minimum Gasteiger partial charge on any atom is -0.0757 e. The van der Waals surface area contributed by atoms with Crippen LogP contribution in [0.2, 0.25) is 0 Å². The maximum Gasteiger partial charge on any atom is -0.00297 e. The third-order valence-electron chi connectivity index (χ3n) is 5.84. The van der Waals surface area contributed by atoms with Gasteiger partial charge in [-0.25, -0.2) is 0 Å². The second-order valence-corrected chi connectivity index (χ2v) is 7.84. The highest BCUT2D eigenvalue weighted by Gasteiger charge is 2.15. The van der Waals surface area contributed by atoms with Gasteiger partial charge < -0.3 is 0 Å². The summed E-state index contributed by atoms with van der Waals surface area (Å²) in [6.07, 6.45) is 7.10. The van der Waals surface area contributed by atoms with Crippen LogP contribution >= 0.6 is 0 Å². The van der Waals surface area contributed by atoms with E-state index in [1.54, 1.807) is 0 Å². The smallest absolute Gasteiger partial charge is 0.00297 e. The highest BCUT2D eigenvalue weighted by Crippen LogP contribution is 2.32. The van der Waals surface area contributed by atoms with Crippen LogP contribution in [-0.2, 0) is 0 Å². The van der Waals surface area contributed by atoms with Crippen LogP contribution in [0.1, 0.15) is 24.0 Å². The van der Waals surface area contributed by atoms with Crippen LogP contribution in [0.3, 0.4) is 0 Å². The molecule has 4 aromatic carbocycles. The topological polar surface area (TPSA) is 0 Å². The fraction of sp³-hybridized carbons (Fsp3) is 0.143. The van der Waals surface area contributed by atoms with Crippen LogP contribution in [0.15, 0.2) is 72.8 Å². The van der Waals surface area contributed by atoms with E-state index < -0.39 is 0 Å². The molecule has 0 aliphatic heterocycles. The molecule has 5 rings (SSSR count). The molecule has 0 radical (unpaired) electrons. The Labute approximate surface area is 166 Å². The first-order chi connectivity index (χ1) is 13.7. The molecule has 28 heavy (non-hydrogen) atoms. The summed E-state index contributed by atoms with van der Waals surface area (Å²) in [7, 11) is 0. The molecule has 0 aromatic heterocycles. The van der Waals surface area contributed by atoms with Crippen molar-refractivity contribution in [3.05, 3.63) is 94.4 Å². The van der Waals surface area contributed by atoms with E-state index in [2.05, 4.69) is 98.8 Å². The fourth-order valence-corrected chi connectivity index (χ4v) is 4.42. The highest BCUT2D eigenvalue weighted by molar-refractivity contribution is 6.05. The summed E-state index contributed by atoms with van der Waals surface area (Å²) < 4.78 is 0. The predicted octanol–water partition coefficient (Wildman–Crippen LogP) is 6.15. The minimum absolute atomic E-state index is 1.11. The van der Waals surface area contributed by atoms with Gasteiger partial charge in [-0.1, -0.05) is 96.1 Å². The lowest BCUT2D eigenvalue weighted by Gasteiger charge is -2.17. The Hall–Kier alpha value is -3.12. The van der Waals surface area contributed by atoms with Gasteiger partial charge in [0.05, 0.1) is 0 Å². The zero-order chi connectivity index (χ0) is 19.1. The first-order valence-electron chi connectivity index (χ1n) is 10.1. The van der Waals surface area contributed by atoms with Crippen molar-refractivity contribution in [2.24, 2.45) is 0 Å². The number of rotatable bonds is 2. The quantitative estimate of drug-likeness (QED) is 0.402. The van der Waals surface area contributed by atoms with Crippen molar-refractivity contribution in [1.82, 2.24) is 0 Å². The first kappa shape index (κ1) is 17.0. The van der Waals surface area contributed by atoms with Gasteiger partial charge in [0.25, 0.3) is 0 Å². The molecule has 0 nitrogen and oxygen atoms in total. The van der Waals surface area contributed by atoms with E-state index in [1.807, 2.05) is 0 Å². The Balaban J connectivity index is 1.96. The van der Waals surface area contributed by atoms with Crippen molar-refractivity contribution < 1.29 is 0 Å². The van der Waals surface area contributed by atoms with Crippen LogP contribution < -0.4 is 10.4 Å². The lowest BCUT2D eigenvalue weighted by atomic mass is 9.86. The molecule has 136 valence electrons. The summed E-state index contributed by atoms with van der Waals surface area (Å²) in [6.45, 7) is 4.30. The molecule has 0 bridgehead atoms. The molecular weight excluding hydrogens is 336 g/mol. The zero-order valence-corrected chi connectivity index (χ0v) is 16.5. The molecule has 1 aliphatic carbocycles. The standard InChI is InChI=1S/C28H24/c1-19-11-15-21(16-12-19)27-23-7-3-5-9-25(23)28(22-17-13-20(2)14-18-22)26-10-6-4-8-24(26)27/h3,5,7-18H,4,6H2,1-2H3. The summed E-state index contributed by atoms with van der Waals surface area (Å²) in [6, 6.07) is 26.8. The summed E-state index contributed by atoms with van der Waals surface area (Å²) in [5, 5.41) is 5.47. The van der Waals surface area contributed by atoms with E-state index in [9.17, 15) is 0 Å².